The first-order valence-electron chi connectivity index (χ1n) is 7.14. The van der Waals surface area contributed by atoms with Crippen LogP contribution in [0.15, 0.2) is 24.3 Å². The minimum atomic E-state index is -0.190. The van der Waals surface area contributed by atoms with E-state index >= 15 is 0 Å². The number of carbonyl (C=O) groups excluding carboxylic acids is 1. The highest BCUT2D eigenvalue weighted by Gasteiger charge is 2.17. The Kier molecular flexibility index (Phi) is 5.87. The summed E-state index contributed by atoms with van der Waals surface area (Å²) in [6.07, 6.45) is 0. The lowest BCUT2D eigenvalue weighted by Gasteiger charge is -2.24. The summed E-state index contributed by atoms with van der Waals surface area (Å²) in [5.41, 5.74) is 2.31. The molecule has 0 spiro atoms. The van der Waals surface area contributed by atoms with Crippen LogP contribution in [0.2, 0.25) is 0 Å². The van der Waals surface area contributed by atoms with Crippen LogP contribution in [0.3, 0.4) is 0 Å². The number of nitrogens with zero attached hydrogens (tertiary/aromatic N) is 1. The highest BCUT2D eigenvalue weighted by molar-refractivity contribution is 5.84. The fourth-order valence-electron chi connectivity index (χ4n) is 2.09. The highest BCUT2D eigenvalue weighted by Crippen LogP contribution is 2.17. The molecule has 1 aromatic rings. The number of rotatable bonds is 6. The SMILES string of the molecule is CCN(CC)C(=O)C(C)Nc1ccc(C(C)C)cc1. The number of hydrogen-bond donors (Lipinski definition) is 1. The van der Waals surface area contributed by atoms with Crippen LogP contribution in [0.25, 0.3) is 0 Å². The van der Waals surface area contributed by atoms with E-state index in [2.05, 4.69) is 31.3 Å². The average Bonchev–Trinajstić information content (AvgIpc) is 2.40. The number of hydrogen-bond acceptors (Lipinski definition) is 2. The van der Waals surface area contributed by atoms with Gasteiger partial charge in [0.25, 0.3) is 0 Å². The van der Waals surface area contributed by atoms with Crippen molar-refractivity contribution in [3.8, 4) is 0 Å². The van der Waals surface area contributed by atoms with Crippen molar-refractivity contribution >= 4 is 11.6 Å². The monoisotopic (exact) mass is 262 g/mol. The van der Waals surface area contributed by atoms with Crippen molar-refractivity contribution in [1.82, 2.24) is 4.90 Å². The molecule has 0 aromatic heterocycles. The molecule has 1 rings (SSSR count). The number of likely N-dealkylation sites (N-methyl/N-ethyl adjacent to an activating group) is 1. The predicted octanol–water partition coefficient (Wildman–Crippen LogP) is 3.48. The summed E-state index contributed by atoms with van der Waals surface area (Å²) >= 11 is 0. The Labute approximate surface area is 117 Å². The second-order valence-electron chi connectivity index (χ2n) is 5.15. The second-order valence-corrected chi connectivity index (χ2v) is 5.15. The molecule has 0 bridgehead atoms. The van der Waals surface area contributed by atoms with E-state index in [0.29, 0.717) is 5.92 Å². The van der Waals surface area contributed by atoms with Crippen molar-refractivity contribution in [2.75, 3.05) is 18.4 Å². The van der Waals surface area contributed by atoms with E-state index in [1.165, 1.54) is 5.56 Å². The molecule has 1 atom stereocenters. The molecule has 0 saturated carbocycles. The van der Waals surface area contributed by atoms with Gasteiger partial charge in [0.05, 0.1) is 0 Å². The van der Waals surface area contributed by atoms with E-state index < -0.39 is 0 Å². The van der Waals surface area contributed by atoms with Crippen LogP contribution >= 0.6 is 0 Å². The first-order chi connectivity index (χ1) is 8.99. The molecule has 0 aliphatic rings. The van der Waals surface area contributed by atoms with Crippen LogP contribution in [0, 0.1) is 0 Å². The zero-order valence-electron chi connectivity index (χ0n) is 12.7. The molecular weight excluding hydrogens is 236 g/mol. The maximum atomic E-state index is 12.1. The Morgan fingerprint density at radius 3 is 2.05 bits per heavy atom. The van der Waals surface area contributed by atoms with Gasteiger partial charge in [0.2, 0.25) is 5.91 Å². The molecule has 1 N–H and O–H groups in total. The van der Waals surface area contributed by atoms with Gasteiger partial charge in [-0.25, -0.2) is 0 Å². The standard InChI is InChI=1S/C16H26N2O/c1-6-18(7-2)16(19)13(5)17-15-10-8-14(9-11-15)12(3)4/h8-13,17H,6-7H2,1-5H3. The van der Waals surface area contributed by atoms with Crippen molar-refractivity contribution < 1.29 is 4.79 Å². The lowest BCUT2D eigenvalue weighted by Crippen LogP contribution is -2.41. The fraction of sp³-hybridized carbons (Fsp3) is 0.562. The van der Waals surface area contributed by atoms with Gasteiger partial charge in [-0.1, -0.05) is 26.0 Å². The minimum absolute atomic E-state index is 0.151. The molecule has 19 heavy (non-hydrogen) atoms. The molecule has 106 valence electrons. The summed E-state index contributed by atoms with van der Waals surface area (Å²) in [6.45, 7) is 11.8. The van der Waals surface area contributed by atoms with Gasteiger partial charge in [0.15, 0.2) is 0 Å². The number of amides is 1. The number of anilines is 1. The summed E-state index contributed by atoms with van der Waals surface area (Å²) in [5, 5.41) is 3.27. The predicted molar refractivity (Wildman–Crippen MR) is 81.5 cm³/mol. The second kappa shape index (κ2) is 7.17. The molecule has 0 fully saturated rings. The number of nitrogens with one attached hydrogen (secondary N) is 1. The van der Waals surface area contributed by atoms with E-state index in [4.69, 9.17) is 0 Å². The Balaban J connectivity index is 2.66. The van der Waals surface area contributed by atoms with Gasteiger partial charge in [-0.2, -0.15) is 0 Å². The molecule has 0 radical (unpaired) electrons. The van der Waals surface area contributed by atoms with Crippen LogP contribution in [0.4, 0.5) is 5.69 Å². The molecule has 1 aromatic carbocycles. The van der Waals surface area contributed by atoms with Crippen molar-refractivity contribution in [2.45, 2.75) is 46.6 Å². The van der Waals surface area contributed by atoms with Gasteiger partial charge in [-0.15, -0.1) is 0 Å². The molecule has 3 heteroatoms. The van der Waals surface area contributed by atoms with Crippen molar-refractivity contribution in [1.29, 1.82) is 0 Å². The third-order valence-corrected chi connectivity index (χ3v) is 3.41. The third-order valence-electron chi connectivity index (χ3n) is 3.41. The van der Waals surface area contributed by atoms with Crippen molar-refractivity contribution in [2.24, 2.45) is 0 Å². The summed E-state index contributed by atoms with van der Waals surface area (Å²) in [6, 6.07) is 8.12. The van der Waals surface area contributed by atoms with Gasteiger partial charge in [0.1, 0.15) is 6.04 Å². The fourth-order valence-corrected chi connectivity index (χ4v) is 2.09. The summed E-state index contributed by atoms with van der Waals surface area (Å²) in [4.78, 5) is 14.0. The Hall–Kier alpha value is -1.51. The Morgan fingerprint density at radius 1 is 1.11 bits per heavy atom. The van der Waals surface area contributed by atoms with Crippen LogP contribution < -0.4 is 5.32 Å². The van der Waals surface area contributed by atoms with Gasteiger partial charge >= 0.3 is 0 Å². The summed E-state index contributed by atoms with van der Waals surface area (Å²) < 4.78 is 0. The van der Waals surface area contributed by atoms with E-state index in [-0.39, 0.29) is 11.9 Å². The lowest BCUT2D eigenvalue weighted by molar-refractivity contribution is -0.131. The molecule has 1 amide bonds. The minimum Gasteiger partial charge on any atom is -0.374 e. The molecule has 0 heterocycles. The van der Waals surface area contributed by atoms with Gasteiger partial charge in [0, 0.05) is 18.8 Å². The maximum Gasteiger partial charge on any atom is 0.244 e. The molecule has 0 aliphatic carbocycles. The molecular formula is C16H26N2O. The maximum absolute atomic E-state index is 12.1. The topological polar surface area (TPSA) is 32.3 Å². The summed E-state index contributed by atoms with van der Waals surface area (Å²) in [7, 11) is 0. The van der Waals surface area contributed by atoms with Crippen LogP contribution in [-0.2, 0) is 4.79 Å². The van der Waals surface area contributed by atoms with Crippen LogP contribution in [0.1, 0.15) is 46.1 Å². The normalized spacial score (nSPS) is 12.3. The molecule has 3 nitrogen and oxygen atoms in total. The Morgan fingerprint density at radius 2 is 1.63 bits per heavy atom. The quantitative estimate of drug-likeness (QED) is 0.851. The number of carbonyl (C=O) groups is 1. The highest BCUT2D eigenvalue weighted by atomic mass is 16.2. The lowest BCUT2D eigenvalue weighted by atomic mass is 10.0. The zero-order chi connectivity index (χ0) is 14.4. The average molecular weight is 262 g/mol. The van der Waals surface area contributed by atoms with Crippen molar-refractivity contribution in [3.05, 3.63) is 29.8 Å². The van der Waals surface area contributed by atoms with Gasteiger partial charge in [-0.05, 0) is 44.4 Å². The molecule has 0 aliphatic heterocycles. The van der Waals surface area contributed by atoms with E-state index in [9.17, 15) is 4.79 Å². The number of benzene rings is 1. The third kappa shape index (κ3) is 4.27. The largest absolute Gasteiger partial charge is 0.374 e. The van der Waals surface area contributed by atoms with Crippen LogP contribution in [0.5, 0.6) is 0 Å². The first-order valence-corrected chi connectivity index (χ1v) is 7.14. The van der Waals surface area contributed by atoms with Crippen molar-refractivity contribution in [3.63, 3.8) is 0 Å². The smallest absolute Gasteiger partial charge is 0.244 e. The van der Waals surface area contributed by atoms with Gasteiger partial charge < -0.3 is 10.2 Å². The zero-order valence-corrected chi connectivity index (χ0v) is 12.7. The molecule has 1 unspecified atom stereocenters. The van der Waals surface area contributed by atoms with E-state index in [0.717, 1.165) is 18.8 Å². The van der Waals surface area contributed by atoms with E-state index in [1.807, 2.05) is 37.8 Å². The molecule has 0 saturated heterocycles. The van der Waals surface area contributed by atoms with E-state index in [1.54, 1.807) is 0 Å². The first kappa shape index (κ1) is 15.5. The summed E-state index contributed by atoms with van der Waals surface area (Å²) in [5.74, 6) is 0.682. The Bertz CT molecular complexity index is 394. The van der Waals surface area contributed by atoms with Crippen LogP contribution in [-0.4, -0.2) is 29.9 Å². The van der Waals surface area contributed by atoms with Gasteiger partial charge in [-0.3, -0.25) is 4.79 Å².